The predicted molar refractivity (Wildman–Crippen MR) is 101 cm³/mol. The minimum atomic E-state index is 0.369. The van der Waals surface area contributed by atoms with Crippen molar-refractivity contribution in [2.45, 2.75) is 32.4 Å². The van der Waals surface area contributed by atoms with Crippen LogP contribution >= 0.6 is 0 Å². The van der Waals surface area contributed by atoms with Gasteiger partial charge >= 0.3 is 0 Å². The van der Waals surface area contributed by atoms with Crippen molar-refractivity contribution in [2.75, 3.05) is 18.5 Å². The van der Waals surface area contributed by atoms with Gasteiger partial charge in [0.1, 0.15) is 5.69 Å². The van der Waals surface area contributed by atoms with Crippen LogP contribution in [-0.4, -0.2) is 57.7 Å². The Morgan fingerprint density at radius 3 is 2.86 bits per heavy atom. The van der Waals surface area contributed by atoms with Crippen molar-refractivity contribution < 1.29 is 4.74 Å². The fourth-order valence-corrected chi connectivity index (χ4v) is 3.28. The predicted octanol–water partition coefficient (Wildman–Crippen LogP) is 1.72. The van der Waals surface area contributed by atoms with E-state index >= 15 is 0 Å². The smallest absolute Gasteiger partial charge is 0.229 e. The average molecular weight is 380 g/mol. The summed E-state index contributed by atoms with van der Waals surface area (Å²) in [4.78, 5) is 8.92. The molecule has 0 bridgehead atoms. The van der Waals surface area contributed by atoms with Gasteiger partial charge in [-0.05, 0) is 19.8 Å². The molecule has 0 amide bonds. The van der Waals surface area contributed by atoms with Gasteiger partial charge in [-0.3, -0.25) is 9.36 Å². The first kappa shape index (κ1) is 16.8. The van der Waals surface area contributed by atoms with Crippen molar-refractivity contribution in [3.8, 4) is 5.69 Å². The van der Waals surface area contributed by atoms with Crippen molar-refractivity contribution in [2.24, 2.45) is 0 Å². The molecule has 0 atom stereocenters. The fraction of sp³-hybridized carbons (Fsp3) is 0.412. The van der Waals surface area contributed by atoms with E-state index in [4.69, 9.17) is 4.74 Å². The summed E-state index contributed by atoms with van der Waals surface area (Å²) in [5, 5.41) is 20.3. The molecule has 0 aliphatic carbocycles. The molecular formula is C17H20N10O. The summed E-state index contributed by atoms with van der Waals surface area (Å²) in [6.45, 7) is 4.36. The van der Waals surface area contributed by atoms with Crippen molar-refractivity contribution >= 4 is 22.8 Å². The van der Waals surface area contributed by atoms with Crippen LogP contribution in [0.4, 0.5) is 11.6 Å². The zero-order chi connectivity index (χ0) is 18.9. The van der Waals surface area contributed by atoms with Gasteiger partial charge in [0.15, 0.2) is 11.2 Å². The standard InChI is InChI=1S/C17H20N10O/c1-2-25-11-14(8-19-25)27-16-15(23-24-27)9-18-17(22-16)21-12-7-20-26(10-12)13-3-5-28-6-4-13/h7-11,13H,2-6H2,1H3,(H,18,21,22). The molecule has 1 fully saturated rings. The first-order valence-corrected chi connectivity index (χ1v) is 9.30. The van der Waals surface area contributed by atoms with E-state index in [-0.39, 0.29) is 0 Å². The number of hydrogen-bond donors (Lipinski definition) is 1. The summed E-state index contributed by atoms with van der Waals surface area (Å²) in [7, 11) is 0. The van der Waals surface area contributed by atoms with Crippen LogP contribution < -0.4 is 5.32 Å². The van der Waals surface area contributed by atoms with Crippen molar-refractivity contribution in [3.05, 3.63) is 31.0 Å². The average Bonchev–Trinajstić information content (AvgIpc) is 3.47. The van der Waals surface area contributed by atoms with Crippen molar-refractivity contribution in [1.82, 2.24) is 44.5 Å². The second kappa shape index (κ2) is 7.00. The van der Waals surface area contributed by atoms with Gasteiger partial charge in [-0.1, -0.05) is 5.21 Å². The van der Waals surface area contributed by atoms with Crippen LogP contribution in [0.1, 0.15) is 25.8 Å². The Bertz CT molecular complexity index is 1090. The largest absolute Gasteiger partial charge is 0.381 e. The quantitative estimate of drug-likeness (QED) is 0.557. The molecule has 4 aromatic heterocycles. The highest BCUT2D eigenvalue weighted by atomic mass is 16.5. The lowest BCUT2D eigenvalue weighted by molar-refractivity contribution is 0.0662. The van der Waals surface area contributed by atoms with Crippen LogP contribution in [0.2, 0.25) is 0 Å². The minimum absolute atomic E-state index is 0.369. The molecule has 1 N–H and O–H groups in total. The molecule has 11 nitrogen and oxygen atoms in total. The molecule has 0 unspecified atom stereocenters. The molecule has 1 saturated heterocycles. The van der Waals surface area contributed by atoms with Gasteiger partial charge in [-0.15, -0.1) is 5.10 Å². The molecule has 1 aliphatic heterocycles. The molecule has 5 heterocycles. The summed E-state index contributed by atoms with van der Waals surface area (Å²) in [5.41, 5.74) is 2.88. The fourth-order valence-electron chi connectivity index (χ4n) is 3.28. The Morgan fingerprint density at radius 2 is 2.04 bits per heavy atom. The lowest BCUT2D eigenvalue weighted by atomic mass is 10.1. The van der Waals surface area contributed by atoms with Gasteiger partial charge in [-0.2, -0.15) is 19.9 Å². The topological polar surface area (TPSA) is 113 Å². The van der Waals surface area contributed by atoms with E-state index in [9.17, 15) is 0 Å². The highest BCUT2D eigenvalue weighted by Gasteiger charge is 2.17. The zero-order valence-corrected chi connectivity index (χ0v) is 15.4. The van der Waals surface area contributed by atoms with E-state index in [2.05, 4.69) is 35.8 Å². The second-order valence-corrected chi connectivity index (χ2v) is 6.64. The highest BCUT2D eigenvalue weighted by Crippen LogP contribution is 2.23. The second-order valence-electron chi connectivity index (χ2n) is 6.64. The SMILES string of the molecule is CCn1cc(-n2nnc3cnc(Nc4cnn(C5CCOCC5)c4)nc32)cn1. The monoisotopic (exact) mass is 380 g/mol. The number of aromatic nitrogens is 9. The Balaban J connectivity index is 1.40. The number of anilines is 2. The highest BCUT2D eigenvalue weighted by molar-refractivity contribution is 5.72. The first-order valence-electron chi connectivity index (χ1n) is 9.30. The number of nitrogens with one attached hydrogen (secondary N) is 1. The molecule has 11 heteroatoms. The van der Waals surface area contributed by atoms with Crippen LogP contribution in [0.25, 0.3) is 16.9 Å². The van der Waals surface area contributed by atoms with Crippen molar-refractivity contribution in [1.29, 1.82) is 0 Å². The van der Waals surface area contributed by atoms with E-state index in [0.29, 0.717) is 23.2 Å². The lowest BCUT2D eigenvalue weighted by Gasteiger charge is -2.22. The Morgan fingerprint density at radius 1 is 1.14 bits per heavy atom. The van der Waals surface area contributed by atoms with E-state index < -0.39 is 0 Å². The molecule has 4 aromatic rings. The van der Waals surface area contributed by atoms with Crippen molar-refractivity contribution in [3.63, 3.8) is 0 Å². The molecule has 28 heavy (non-hydrogen) atoms. The van der Waals surface area contributed by atoms with E-state index in [1.807, 2.05) is 28.7 Å². The lowest BCUT2D eigenvalue weighted by Crippen LogP contribution is -2.19. The van der Waals surface area contributed by atoms with Gasteiger partial charge in [0.2, 0.25) is 5.95 Å². The molecule has 5 rings (SSSR count). The number of ether oxygens (including phenoxy) is 1. The molecule has 144 valence electrons. The maximum atomic E-state index is 5.42. The van der Waals surface area contributed by atoms with Gasteiger partial charge < -0.3 is 10.1 Å². The van der Waals surface area contributed by atoms with Gasteiger partial charge in [-0.25, -0.2) is 4.98 Å². The Labute approximate surface area is 160 Å². The number of nitrogens with zero attached hydrogens (tertiary/aromatic N) is 9. The van der Waals surface area contributed by atoms with Crippen LogP contribution in [0.3, 0.4) is 0 Å². The van der Waals surface area contributed by atoms with Gasteiger partial charge in [0.05, 0.1) is 36.5 Å². The third-order valence-electron chi connectivity index (χ3n) is 4.80. The summed E-state index contributed by atoms with van der Waals surface area (Å²) < 4.78 is 10.9. The number of aryl methyl sites for hydroxylation is 1. The van der Waals surface area contributed by atoms with E-state index in [1.165, 1.54) is 0 Å². The number of hydrogen-bond acceptors (Lipinski definition) is 8. The third-order valence-corrected chi connectivity index (χ3v) is 4.80. The zero-order valence-electron chi connectivity index (χ0n) is 15.4. The normalized spacial score (nSPS) is 15.3. The first-order chi connectivity index (χ1) is 13.8. The maximum absolute atomic E-state index is 5.42. The minimum Gasteiger partial charge on any atom is -0.381 e. The number of rotatable bonds is 5. The summed E-state index contributed by atoms with van der Waals surface area (Å²) >= 11 is 0. The van der Waals surface area contributed by atoms with Gasteiger partial charge in [0.25, 0.3) is 0 Å². The Hall–Kier alpha value is -3.34. The maximum Gasteiger partial charge on any atom is 0.229 e. The van der Waals surface area contributed by atoms with Crippen LogP contribution in [0.15, 0.2) is 31.0 Å². The summed E-state index contributed by atoms with van der Waals surface area (Å²) in [6.07, 6.45) is 11.0. The Kier molecular flexibility index (Phi) is 4.20. The summed E-state index contributed by atoms with van der Waals surface area (Å²) in [6, 6.07) is 0.369. The van der Waals surface area contributed by atoms with Crippen LogP contribution in [0, 0.1) is 0 Å². The van der Waals surface area contributed by atoms with Crippen LogP contribution in [0.5, 0.6) is 0 Å². The van der Waals surface area contributed by atoms with Crippen LogP contribution in [-0.2, 0) is 11.3 Å². The summed E-state index contributed by atoms with van der Waals surface area (Å²) in [5.74, 6) is 0.463. The third kappa shape index (κ3) is 3.09. The molecule has 0 saturated carbocycles. The molecule has 0 aromatic carbocycles. The molecular weight excluding hydrogens is 360 g/mol. The molecule has 0 radical (unpaired) electrons. The van der Waals surface area contributed by atoms with E-state index in [0.717, 1.165) is 44.0 Å². The van der Waals surface area contributed by atoms with Gasteiger partial charge in [0, 0.05) is 26.0 Å². The molecule has 0 spiro atoms. The number of fused-ring (bicyclic) bond motifs is 1. The molecule has 1 aliphatic rings. The van der Waals surface area contributed by atoms with E-state index in [1.54, 1.807) is 23.3 Å².